The van der Waals surface area contributed by atoms with Gasteiger partial charge >= 0.3 is 5.97 Å². The van der Waals surface area contributed by atoms with Gasteiger partial charge in [0.15, 0.2) is 15.9 Å². The van der Waals surface area contributed by atoms with Crippen molar-refractivity contribution in [3.05, 3.63) is 59.7 Å². The molecule has 0 aliphatic rings. The lowest BCUT2D eigenvalue weighted by atomic mass is 10.1. The van der Waals surface area contributed by atoms with Crippen LogP contribution in [0.1, 0.15) is 34.6 Å². The summed E-state index contributed by atoms with van der Waals surface area (Å²) >= 11 is 0. The van der Waals surface area contributed by atoms with Crippen LogP contribution in [0.2, 0.25) is 0 Å². The Morgan fingerprint density at radius 2 is 1.65 bits per heavy atom. The molecule has 0 radical (unpaired) electrons. The van der Waals surface area contributed by atoms with Crippen LogP contribution in [0.15, 0.2) is 53.4 Å². The second-order valence-corrected chi connectivity index (χ2v) is 7.79. The largest absolute Gasteiger partial charge is 0.497 e. The number of methoxy groups -OCH3 is 1. The topological polar surface area (TPSA) is 86.7 Å². The molecule has 138 valence electrons. The van der Waals surface area contributed by atoms with Gasteiger partial charge in [-0.1, -0.05) is 19.1 Å². The van der Waals surface area contributed by atoms with E-state index in [1.165, 1.54) is 39.2 Å². The highest BCUT2D eigenvalue weighted by molar-refractivity contribution is 7.91. The smallest absolute Gasteiger partial charge is 0.340 e. The summed E-state index contributed by atoms with van der Waals surface area (Å²) in [6.45, 7) is 2.94. The highest BCUT2D eigenvalue weighted by atomic mass is 32.2. The van der Waals surface area contributed by atoms with Crippen LogP contribution in [0.5, 0.6) is 5.75 Å². The van der Waals surface area contributed by atoms with Gasteiger partial charge in [0.05, 0.1) is 23.3 Å². The Labute approximate surface area is 152 Å². The van der Waals surface area contributed by atoms with Crippen molar-refractivity contribution in [2.45, 2.75) is 24.8 Å². The molecule has 0 amide bonds. The van der Waals surface area contributed by atoms with Crippen LogP contribution in [-0.2, 0) is 14.6 Å². The highest BCUT2D eigenvalue weighted by Gasteiger charge is 2.25. The molecule has 0 aromatic heterocycles. The van der Waals surface area contributed by atoms with Gasteiger partial charge in [0.25, 0.3) is 0 Å². The number of rotatable bonds is 7. The van der Waals surface area contributed by atoms with Gasteiger partial charge in [0.1, 0.15) is 5.75 Å². The molecule has 0 bridgehead atoms. The second-order valence-electron chi connectivity index (χ2n) is 5.54. The number of hydrogen-bond donors (Lipinski definition) is 0. The average molecular weight is 376 g/mol. The van der Waals surface area contributed by atoms with Gasteiger partial charge < -0.3 is 9.47 Å². The number of esters is 1. The van der Waals surface area contributed by atoms with Crippen LogP contribution in [0.25, 0.3) is 0 Å². The lowest BCUT2D eigenvalue weighted by Gasteiger charge is -2.14. The van der Waals surface area contributed by atoms with Gasteiger partial charge in [-0.3, -0.25) is 4.79 Å². The van der Waals surface area contributed by atoms with Gasteiger partial charge in [-0.05, 0) is 43.3 Å². The summed E-state index contributed by atoms with van der Waals surface area (Å²) in [4.78, 5) is 24.7. The molecule has 2 rings (SSSR count). The van der Waals surface area contributed by atoms with E-state index in [9.17, 15) is 18.0 Å². The molecule has 0 aliphatic carbocycles. The molecule has 7 heteroatoms. The van der Waals surface area contributed by atoms with E-state index >= 15 is 0 Å². The first-order chi connectivity index (χ1) is 12.3. The zero-order valence-corrected chi connectivity index (χ0v) is 15.6. The lowest BCUT2D eigenvalue weighted by Crippen LogP contribution is -2.25. The maximum Gasteiger partial charge on any atom is 0.340 e. The van der Waals surface area contributed by atoms with E-state index in [1.54, 1.807) is 30.3 Å². The molecule has 2 aromatic rings. The predicted octanol–water partition coefficient (Wildman–Crippen LogP) is 2.92. The first kappa shape index (κ1) is 19.7. The first-order valence-corrected chi connectivity index (χ1v) is 9.66. The second kappa shape index (κ2) is 8.14. The molecule has 2 aromatic carbocycles. The van der Waals surface area contributed by atoms with Crippen molar-refractivity contribution in [2.75, 3.05) is 12.9 Å². The van der Waals surface area contributed by atoms with Crippen LogP contribution in [0.4, 0.5) is 0 Å². The van der Waals surface area contributed by atoms with Crippen molar-refractivity contribution < 1.29 is 27.5 Å². The van der Waals surface area contributed by atoms with E-state index in [0.29, 0.717) is 11.3 Å². The zero-order chi connectivity index (χ0) is 19.3. The fourth-order valence-electron chi connectivity index (χ4n) is 2.33. The van der Waals surface area contributed by atoms with Crippen LogP contribution in [0, 0.1) is 0 Å². The summed E-state index contributed by atoms with van der Waals surface area (Å²) in [6.07, 6.45) is -1.06. The Balaban J connectivity index is 2.20. The summed E-state index contributed by atoms with van der Waals surface area (Å²) in [6, 6.07) is 12.2. The maximum absolute atomic E-state index is 12.4. The number of ether oxygens (including phenoxy) is 2. The third-order valence-corrected chi connectivity index (χ3v) is 5.64. The van der Waals surface area contributed by atoms with Crippen LogP contribution in [0.3, 0.4) is 0 Å². The minimum Gasteiger partial charge on any atom is -0.497 e. The molecule has 0 saturated heterocycles. The van der Waals surface area contributed by atoms with Crippen molar-refractivity contribution in [1.29, 1.82) is 0 Å². The van der Waals surface area contributed by atoms with Crippen molar-refractivity contribution in [3.8, 4) is 5.75 Å². The number of Topliss-reactive ketones (excluding diaryl/α,β-unsaturated/α-hetero) is 1. The number of hydrogen-bond acceptors (Lipinski definition) is 6. The average Bonchev–Trinajstić information content (AvgIpc) is 2.67. The number of ketones is 1. The quantitative estimate of drug-likeness (QED) is 0.545. The maximum atomic E-state index is 12.4. The summed E-state index contributed by atoms with van der Waals surface area (Å²) in [5.74, 6) is -0.786. The number of sulfone groups is 1. The Morgan fingerprint density at radius 3 is 2.23 bits per heavy atom. The van der Waals surface area contributed by atoms with Gasteiger partial charge in [0, 0.05) is 5.56 Å². The van der Waals surface area contributed by atoms with E-state index in [4.69, 9.17) is 9.47 Å². The molecule has 1 atom stereocenters. The van der Waals surface area contributed by atoms with E-state index < -0.39 is 27.7 Å². The normalized spacial score (nSPS) is 12.3. The van der Waals surface area contributed by atoms with Crippen molar-refractivity contribution in [1.82, 2.24) is 0 Å². The van der Waals surface area contributed by atoms with E-state index in [-0.39, 0.29) is 16.2 Å². The van der Waals surface area contributed by atoms with Gasteiger partial charge in [-0.15, -0.1) is 0 Å². The molecule has 0 aliphatic heterocycles. The lowest BCUT2D eigenvalue weighted by molar-refractivity contribution is 0.0315. The fraction of sp³-hybridized carbons (Fsp3) is 0.263. The Bertz CT molecular complexity index is 900. The minimum absolute atomic E-state index is 0.0799. The van der Waals surface area contributed by atoms with Crippen molar-refractivity contribution in [2.24, 2.45) is 0 Å². The van der Waals surface area contributed by atoms with E-state index in [0.717, 1.165) is 0 Å². The van der Waals surface area contributed by atoms with E-state index in [1.807, 2.05) is 0 Å². The Hall–Kier alpha value is -2.67. The summed E-state index contributed by atoms with van der Waals surface area (Å²) in [5.41, 5.74) is 0.282. The number of carbonyl (C=O) groups excluding carboxylic acids is 2. The molecular weight excluding hydrogens is 356 g/mol. The standard InChI is InChI=1S/C19H20O6S/c1-4-26(22,23)17-8-6-5-7-16(17)19(21)25-13(2)18(20)14-9-11-15(24-3)12-10-14/h5-13H,4H2,1-3H3/t13-/m1/s1. The third-order valence-electron chi connectivity index (χ3n) is 3.85. The van der Waals surface area contributed by atoms with Crippen molar-refractivity contribution >= 4 is 21.6 Å². The number of benzene rings is 2. The van der Waals surface area contributed by atoms with Gasteiger partial charge in [-0.2, -0.15) is 0 Å². The fourth-order valence-corrected chi connectivity index (χ4v) is 3.41. The van der Waals surface area contributed by atoms with Crippen LogP contribution < -0.4 is 4.74 Å². The zero-order valence-electron chi connectivity index (χ0n) is 14.8. The molecular formula is C19H20O6S. The summed E-state index contributed by atoms with van der Waals surface area (Å²) in [7, 11) is -2.07. The van der Waals surface area contributed by atoms with Gasteiger partial charge in [0.2, 0.25) is 5.78 Å². The molecule has 0 heterocycles. The monoisotopic (exact) mass is 376 g/mol. The molecule has 0 fully saturated rings. The summed E-state index contributed by atoms with van der Waals surface area (Å²) in [5, 5.41) is 0. The predicted molar refractivity (Wildman–Crippen MR) is 96.4 cm³/mol. The van der Waals surface area contributed by atoms with Crippen LogP contribution >= 0.6 is 0 Å². The third kappa shape index (κ3) is 4.29. The highest BCUT2D eigenvalue weighted by Crippen LogP contribution is 2.20. The Kier molecular flexibility index (Phi) is 6.15. The molecule has 26 heavy (non-hydrogen) atoms. The first-order valence-electron chi connectivity index (χ1n) is 8.01. The number of carbonyl (C=O) groups is 2. The molecule has 0 saturated carbocycles. The van der Waals surface area contributed by atoms with Crippen LogP contribution in [-0.4, -0.2) is 39.1 Å². The minimum atomic E-state index is -3.59. The molecule has 0 unspecified atom stereocenters. The van der Waals surface area contributed by atoms with Gasteiger partial charge in [-0.25, -0.2) is 13.2 Å². The Morgan fingerprint density at radius 1 is 1.04 bits per heavy atom. The van der Waals surface area contributed by atoms with Crippen molar-refractivity contribution in [3.63, 3.8) is 0 Å². The molecule has 6 nitrogen and oxygen atoms in total. The summed E-state index contributed by atoms with van der Waals surface area (Å²) < 4.78 is 34.5. The SMILES string of the molecule is CCS(=O)(=O)c1ccccc1C(=O)O[C@H](C)C(=O)c1ccc(OC)cc1. The molecule has 0 spiro atoms. The molecule has 0 N–H and O–H groups in total. The van der Waals surface area contributed by atoms with E-state index in [2.05, 4.69) is 0 Å².